The summed E-state index contributed by atoms with van der Waals surface area (Å²) in [4.78, 5) is 44.8. The number of carbonyl (C=O) groups is 2. The van der Waals surface area contributed by atoms with Gasteiger partial charge in [0, 0.05) is 76.4 Å². The lowest BCUT2D eigenvalue weighted by Gasteiger charge is -2.43. The SMILES string of the molecule is O=C(c1cc(NC2CCN(C(=O)C3CCC3)CC2)nc(N2CC3CC3C2)n1)N1CC[C@@H](N2CCc3ccccc3C2)[C@H](O)C1. The van der Waals surface area contributed by atoms with Crippen LogP contribution in [-0.4, -0.2) is 106 Å². The first-order chi connectivity index (χ1) is 21.5. The Kier molecular flexibility index (Phi) is 7.45. The van der Waals surface area contributed by atoms with Gasteiger partial charge in [-0.1, -0.05) is 30.7 Å². The number of likely N-dealkylation sites (tertiary alicyclic amines) is 2. The van der Waals surface area contributed by atoms with Gasteiger partial charge in [0.2, 0.25) is 11.9 Å². The van der Waals surface area contributed by atoms with Gasteiger partial charge >= 0.3 is 0 Å². The van der Waals surface area contributed by atoms with Gasteiger partial charge in [0.1, 0.15) is 11.5 Å². The molecule has 44 heavy (non-hydrogen) atoms. The molecule has 3 saturated heterocycles. The number of piperidine rings is 3. The highest BCUT2D eigenvalue weighted by Crippen LogP contribution is 2.45. The minimum absolute atomic E-state index is 0.0453. The van der Waals surface area contributed by atoms with Crippen LogP contribution >= 0.6 is 0 Å². The van der Waals surface area contributed by atoms with Crippen molar-refractivity contribution in [3.63, 3.8) is 0 Å². The maximum Gasteiger partial charge on any atom is 0.272 e. The van der Waals surface area contributed by atoms with Gasteiger partial charge in [0.25, 0.3) is 5.91 Å². The Labute approximate surface area is 259 Å². The highest BCUT2D eigenvalue weighted by molar-refractivity contribution is 5.93. The maximum atomic E-state index is 13.9. The molecule has 5 heterocycles. The molecule has 4 atom stereocenters. The third-order valence-electron chi connectivity index (χ3n) is 11.3. The number of hydrogen-bond donors (Lipinski definition) is 2. The summed E-state index contributed by atoms with van der Waals surface area (Å²) in [6, 6.07) is 10.6. The number of nitrogens with one attached hydrogen (secondary N) is 1. The lowest BCUT2D eigenvalue weighted by atomic mass is 9.84. The smallest absolute Gasteiger partial charge is 0.272 e. The quantitative estimate of drug-likeness (QED) is 0.523. The number of β-amino-alcohol motifs (C(OH)–C–C–N with tert-alkyl or cyclic N) is 1. The molecule has 0 bridgehead atoms. The molecule has 2 unspecified atom stereocenters. The molecule has 2 N–H and O–H groups in total. The van der Waals surface area contributed by atoms with Crippen LogP contribution in [0.25, 0.3) is 0 Å². The van der Waals surface area contributed by atoms with Crippen LogP contribution in [0, 0.1) is 17.8 Å². The summed E-state index contributed by atoms with van der Waals surface area (Å²) in [6.45, 7) is 6.12. The van der Waals surface area contributed by atoms with E-state index in [4.69, 9.17) is 9.97 Å². The average Bonchev–Trinajstić information content (AvgIpc) is 3.63. The molecule has 2 aliphatic carbocycles. The van der Waals surface area contributed by atoms with Crippen molar-refractivity contribution in [1.82, 2.24) is 24.7 Å². The Morgan fingerprint density at radius 1 is 0.864 bits per heavy atom. The van der Waals surface area contributed by atoms with E-state index in [1.54, 1.807) is 11.0 Å². The van der Waals surface area contributed by atoms with Crippen molar-refractivity contribution in [2.75, 3.05) is 56.0 Å². The number of nitrogens with zero attached hydrogens (tertiary/aromatic N) is 6. The third-order valence-corrected chi connectivity index (χ3v) is 11.3. The molecule has 5 fully saturated rings. The van der Waals surface area contributed by atoms with Crippen LogP contribution in [-0.2, 0) is 17.8 Å². The fourth-order valence-corrected chi connectivity index (χ4v) is 8.18. The number of anilines is 2. The number of rotatable bonds is 6. The van der Waals surface area contributed by atoms with Gasteiger partial charge in [0.05, 0.1) is 6.10 Å². The minimum atomic E-state index is -0.601. The Hall–Kier alpha value is -3.24. The van der Waals surface area contributed by atoms with Crippen molar-refractivity contribution in [2.45, 2.75) is 76.1 Å². The van der Waals surface area contributed by atoms with E-state index in [0.29, 0.717) is 36.5 Å². The van der Waals surface area contributed by atoms with Gasteiger partial charge in [-0.25, -0.2) is 4.98 Å². The van der Waals surface area contributed by atoms with Gasteiger partial charge in [0.15, 0.2) is 0 Å². The first-order valence-corrected chi connectivity index (χ1v) is 17.0. The number of aliphatic hydroxyl groups is 1. The Morgan fingerprint density at radius 3 is 2.34 bits per heavy atom. The molecule has 2 amide bonds. The molecule has 2 saturated carbocycles. The fourth-order valence-electron chi connectivity index (χ4n) is 8.18. The number of amides is 2. The summed E-state index contributed by atoms with van der Waals surface area (Å²) in [7, 11) is 0. The van der Waals surface area contributed by atoms with E-state index >= 15 is 0 Å². The molecule has 1 aromatic heterocycles. The second-order valence-electron chi connectivity index (χ2n) is 14.1. The molecule has 8 rings (SSSR count). The zero-order valence-electron chi connectivity index (χ0n) is 25.6. The third kappa shape index (κ3) is 5.55. The molecule has 10 heteroatoms. The summed E-state index contributed by atoms with van der Waals surface area (Å²) in [5.41, 5.74) is 3.14. The van der Waals surface area contributed by atoms with E-state index < -0.39 is 6.10 Å². The number of aromatic nitrogens is 2. The Morgan fingerprint density at radius 2 is 1.61 bits per heavy atom. The van der Waals surface area contributed by atoms with Crippen LogP contribution in [0.4, 0.5) is 11.8 Å². The van der Waals surface area contributed by atoms with Crippen LogP contribution in [0.3, 0.4) is 0 Å². The number of carbonyl (C=O) groups excluding carboxylic acids is 2. The van der Waals surface area contributed by atoms with Crippen molar-refractivity contribution in [1.29, 1.82) is 0 Å². The number of benzene rings is 1. The van der Waals surface area contributed by atoms with E-state index in [1.807, 2.05) is 4.90 Å². The van der Waals surface area contributed by atoms with Crippen LogP contribution < -0.4 is 10.2 Å². The van der Waals surface area contributed by atoms with Crippen molar-refractivity contribution in [3.05, 3.63) is 47.2 Å². The summed E-state index contributed by atoms with van der Waals surface area (Å²) < 4.78 is 0. The summed E-state index contributed by atoms with van der Waals surface area (Å²) in [6.07, 6.45) is 7.42. The van der Waals surface area contributed by atoms with Gasteiger partial charge < -0.3 is 25.1 Å². The fraction of sp³-hybridized carbons (Fsp3) is 0.647. The maximum absolute atomic E-state index is 13.9. The van der Waals surface area contributed by atoms with E-state index in [0.717, 1.165) is 89.6 Å². The molecule has 4 aliphatic heterocycles. The lowest BCUT2D eigenvalue weighted by Crippen LogP contribution is -2.56. The van der Waals surface area contributed by atoms with Gasteiger partial charge in [-0.3, -0.25) is 14.5 Å². The summed E-state index contributed by atoms with van der Waals surface area (Å²) in [5.74, 6) is 3.20. The van der Waals surface area contributed by atoms with Crippen LogP contribution in [0.15, 0.2) is 30.3 Å². The molecule has 2 aromatic rings. The van der Waals surface area contributed by atoms with Crippen LogP contribution in [0.1, 0.15) is 66.6 Å². The van der Waals surface area contributed by atoms with E-state index in [2.05, 4.69) is 39.4 Å². The molecule has 0 spiro atoms. The van der Waals surface area contributed by atoms with Crippen molar-refractivity contribution in [2.24, 2.45) is 17.8 Å². The first kappa shape index (κ1) is 28.2. The standard InChI is InChI=1S/C34H45N7O3/c42-30-21-40(15-11-29(30)39-12-8-22-4-1-2-5-24(22)18-39)33(44)28-17-31(37-34(36-28)41-19-25-16-26(25)20-41)35-27-9-13-38(14-10-27)32(43)23-6-3-7-23/h1-2,4-5,17,23,25-27,29-30,42H,3,6-16,18-21H2,(H,35,36,37)/t25?,26?,29-,30-/m1/s1. The van der Waals surface area contributed by atoms with E-state index in [9.17, 15) is 14.7 Å². The molecule has 1 aromatic carbocycles. The topological polar surface area (TPSA) is 105 Å². The second-order valence-corrected chi connectivity index (χ2v) is 14.1. The normalized spacial score (nSPS) is 29.2. The summed E-state index contributed by atoms with van der Waals surface area (Å²) in [5, 5.41) is 14.9. The monoisotopic (exact) mass is 599 g/mol. The molecule has 10 nitrogen and oxygen atoms in total. The number of hydrogen-bond acceptors (Lipinski definition) is 8. The van der Waals surface area contributed by atoms with Crippen molar-refractivity contribution >= 4 is 23.6 Å². The van der Waals surface area contributed by atoms with Crippen LogP contribution in [0.2, 0.25) is 0 Å². The molecular weight excluding hydrogens is 554 g/mol. The molecule has 234 valence electrons. The second kappa shape index (κ2) is 11.6. The predicted octanol–water partition coefficient (Wildman–Crippen LogP) is 2.77. The largest absolute Gasteiger partial charge is 0.390 e. The molecule has 6 aliphatic rings. The van der Waals surface area contributed by atoms with Gasteiger partial charge in [-0.15, -0.1) is 0 Å². The Balaban J connectivity index is 0.942. The zero-order chi connectivity index (χ0) is 29.8. The van der Waals surface area contributed by atoms with E-state index in [-0.39, 0.29) is 23.9 Å². The predicted molar refractivity (Wildman–Crippen MR) is 167 cm³/mol. The Bertz CT molecular complexity index is 1400. The molecular formula is C34H45N7O3. The minimum Gasteiger partial charge on any atom is -0.390 e. The van der Waals surface area contributed by atoms with Gasteiger partial charge in [-0.2, -0.15) is 4.98 Å². The molecule has 0 radical (unpaired) electrons. The first-order valence-electron chi connectivity index (χ1n) is 17.0. The van der Waals surface area contributed by atoms with Crippen molar-refractivity contribution < 1.29 is 14.7 Å². The van der Waals surface area contributed by atoms with Crippen LogP contribution in [0.5, 0.6) is 0 Å². The van der Waals surface area contributed by atoms with Gasteiger partial charge in [-0.05, 0) is 67.9 Å². The number of aliphatic hydroxyl groups excluding tert-OH is 1. The number of fused-ring (bicyclic) bond motifs is 2. The average molecular weight is 600 g/mol. The zero-order valence-corrected chi connectivity index (χ0v) is 25.6. The van der Waals surface area contributed by atoms with E-state index in [1.165, 1.54) is 24.0 Å². The highest BCUT2D eigenvalue weighted by Gasteiger charge is 2.46. The highest BCUT2D eigenvalue weighted by atomic mass is 16.3. The van der Waals surface area contributed by atoms with Crippen molar-refractivity contribution in [3.8, 4) is 0 Å². The lowest BCUT2D eigenvalue weighted by molar-refractivity contribution is -0.139. The summed E-state index contributed by atoms with van der Waals surface area (Å²) >= 11 is 0.